The Balaban J connectivity index is 2.43. The number of carbonyl (C=O) groups excluding carboxylic acids is 2. The highest BCUT2D eigenvalue weighted by molar-refractivity contribution is 7.89. The highest BCUT2D eigenvalue weighted by Crippen LogP contribution is 2.25. The predicted octanol–water partition coefficient (Wildman–Crippen LogP) is -0.524. The van der Waals surface area contributed by atoms with Gasteiger partial charge in [-0.3, -0.25) is 9.59 Å². The third-order valence-electron chi connectivity index (χ3n) is 2.92. The Hall–Kier alpha value is -2.66. The van der Waals surface area contributed by atoms with Gasteiger partial charge in [-0.1, -0.05) is 0 Å². The van der Waals surface area contributed by atoms with Crippen molar-refractivity contribution in [3.8, 4) is 0 Å². The summed E-state index contributed by atoms with van der Waals surface area (Å²) in [5.41, 5.74) is 0.0838. The van der Waals surface area contributed by atoms with Crippen LogP contribution in [-0.2, 0) is 19.6 Å². The molecule has 1 aliphatic heterocycles. The molecule has 22 heavy (non-hydrogen) atoms. The van der Waals surface area contributed by atoms with E-state index in [1.165, 1.54) is 12.1 Å². The molecule has 1 amide bonds. The third kappa shape index (κ3) is 2.71. The highest BCUT2D eigenvalue weighted by atomic mass is 32.2. The summed E-state index contributed by atoms with van der Waals surface area (Å²) < 4.78 is 22.3. The standard InChI is InChI=1S/C11H10N4O6S/c1-6(16)9-10(15(18)19)13-14(11(9)17)7-2-4-8(5-3-7)22(12,20)21/h2-5,9H,1H3,(H2,12,20,21). The number of carbonyl (C=O) groups is 2. The molecule has 1 atom stereocenters. The van der Waals surface area contributed by atoms with Crippen LogP contribution in [0.3, 0.4) is 0 Å². The average molecular weight is 326 g/mol. The van der Waals surface area contributed by atoms with E-state index >= 15 is 0 Å². The van der Waals surface area contributed by atoms with Crippen LogP contribution >= 0.6 is 0 Å². The Morgan fingerprint density at radius 2 is 1.91 bits per heavy atom. The number of anilines is 1. The molecular weight excluding hydrogens is 316 g/mol. The van der Waals surface area contributed by atoms with E-state index in [0.717, 1.165) is 19.1 Å². The van der Waals surface area contributed by atoms with Crippen molar-refractivity contribution < 1.29 is 22.9 Å². The second kappa shape index (κ2) is 5.27. The third-order valence-corrected chi connectivity index (χ3v) is 3.85. The van der Waals surface area contributed by atoms with Crippen molar-refractivity contribution in [2.45, 2.75) is 11.8 Å². The first kappa shape index (κ1) is 15.7. The number of amides is 1. The molecule has 0 radical (unpaired) electrons. The fourth-order valence-electron chi connectivity index (χ4n) is 1.90. The summed E-state index contributed by atoms with van der Waals surface area (Å²) in [7, 11) is -3.91. The Morgan fingerprint density at radius 1 is 1.36 bits per heavy atom. The highest BCUT2D eigenvalue weighted by Gasteiger charge is 2.49. The van der Waals surface area contributed by atoms with Gasteiger partial charge in [-0.15, -0.1) is 5.01 Å². The Kier molecular flexibility index (Phi) is 3.77. The van der Waals surface area contributed by atoms with Gasteiger partial charge in [0.05, 0.1) is 15.7 Å². The van der Waals surface area contributed by atoms with Crippen LogP contribution in [0.1, 0.15) is 6.92 Å². The van der Waals surface area contributed by atoms with E-state index in [2.05, 4.69) is 5.10 Å². The van der Waals surface area contributed by atoms with Crippen molar-refractivity contribution in [1.82, 2.24) is 0 Å². The molecule has 1 aromatic carbocycles. The molecular formula is C11H10N4O6S. The Morgan fingerprint density at radius 3 is 2.27 bits per heavy atom. The molecule has 1 heterocycles. The number of nitrogens with two attached hydrogens (primary N) is 1. The fourth-order valence-corrected chi connectivity index (χ4v) is 2.42. The number of rotatable bonds is 3. The van der Waals surface area contributed by atoms with Crippen molar-refractivity contribution in [2.24, 2.45) is 16.2 Å². The maximum Gasteiger partial charge on any atom is 0.384 e. The monoisotopic (exact) mass is 326 g/mol. The van der Waals surface area contributed by atoms with Crippen LogP contribution < -0.4 is 10.1 Å². The van der Waals surface area contributed by atoms with E-state index in [1.54, 1.807) is 0 Å². The molecule has 0 bridgehead atoms. The summed E-state index contributed by atoms with van der Waals surface area (Å²) in [6, 6.07) is 4.67. The smallest absolute Gasteiger partial charge is 0.358 e. The number of Topliss-reactive ketones (excluding diaryl/α,β-unsaturated/α-hetero) is 1. The quantitative estimate of drug-likeness (QED) is 0.448. The van der Waals surface area contributed by atoms with Crippen molar-refractivity contribution in [3.05, 3.63) is 34.4 Å². The van der Waals surface area contributed by atoms with Crippen molar-refractivity contribution in [2.75, 3.05) is 5.01 Å². The molecule has 116 valence electrons. The molecule has 0 fully saturated rings. The molecule has 1 unspecified atom stereocenters. The van der Waals surface area contributed by atoms with E-state index in [-0.39, 0.29) is 10.6 Å². The number of hydrazone groups is 1. The Labute approximate surface area is 124 Å². The molecule has 10 nitrogen and oxygen atoms in total. The summed E-state index contributed by atoms with van der Waals surface area (Å²) in [6.07, 6.45) is 0. The second-order valence-corrected chi connectivity index (χ2v) is 6.01. The molecule has 11 heteroatoms. The summed E-state index contributed by atoms with van der Waals surface area (Å²) in [5.74, 6) is -3.92. The molecule has 0 aliphatic carbocycles. The number of primary sulfonamides is 1. The minimum atomic E-state index is -3.91. The van der Waals surface area contributed by atoms with Gasteiger partial charge in [-0.25, -0.2) is 13.6 Å². The number of nitro groups is 1. The van der Waals surface area contributed by atoms with Gasteiger partial charge < -0.3 is 10.1 Å². The van der Waals surface area contributed by atoms with Gasteiger partial charge in [0.1, 0.15) is 0 Å². The lowest BCUT2D eigenvalue weighted by Gasteiger charge is -2.08. The zero-order valence-corrected chi connectivity index (χ0v) is 12.0. The number of ketones is 1. The lowest BCUT2D eigenvalue weighted by molar-refractivity contribution is -0.354. The minimum Gasteiger partial charge on any atom is -0.358 e. The first-order valence-electron chi connectivity index (χ1n) is 5.83. The number of sulfonamides is 1. The molecule has 0 spiro atoms. The number of hydrogen-bond donors (Lipinski definition) is 1. The summed E-state index contributed by atoms with van der Waals surface area (Å²) in [6.45, 7) is 1.05. The fraction of sp³-hybridized carbons (Fsp3) is 0.182. The molecule has 1 aliphatic rings. The first-order valence-corrected chi connectivity index (χ1v) is 7.37. The van der Waals surface area contributed by atoms with Crippen molar-refractivity contribution in [3.63, 3.8) is 0 Å². The normalized spacial score (nSPS) is 18.3. The van der Waals surface area contributed by atoms with Gasteiger partial charge >= 0.3 is 5.84 Å². The topological polar surface area (TPSA) is 153 Å². The van der Waals surface area contributed by atoms with Crippen LogP contribution in [0.5, 0.6) is 0 Å². The summed E-state index contributed by atoms with van der Waals surface area (Å²) >= 11 is 0. The van der Waals surface area contributed by atoms with Gasteiger partial charge in [0, 0.05) is 0 Å². The maximum absolute atomic E-state index is 12.1. The molecule has 0 aromatic heterocycles. The van der Waals surface area contributed by atoms with E-state index in [1.807, 2.05) is 0 Å². The summed E-state index contributed by atoms with van der Waals surface area (Å²) in [5, 5.41) is 20.0. The molecule has 0 saturated heterocycles. The van der Waals surface area contributed by atoms with Crippen LogP contribution in [0.25, 0.3) is 0 Å². The van der Waals surface area contributed by atoms with Gasteiger partial charge in [0.25, 0.3) is 5.91 Å². The lowest BCUT2D eigenvalue weighted by atomic mass is 10.0. The zero-order valence-electron chi connectivity index (χ0n) is 11.2. The second-order valence-electron chi connectivity index (χ2n) is 4.45. The zero-order chi connectivity index (χ0) is 16.7. The number of amidine groups is 1. The van der Waals surface area contributed by atoms with Crippen molar-refractivity contribution in [1.29, 1.82) is 0 Å². The number of benzene rings is 1. The van der Waals surface area contributed by atoms with Crippen molar-refractivity contribution >= 4 is 33.2 Å². The predicted molar refractivity (Wildman–Crippen MR) is 73.9 cm³/mol. The van der Waals surface area contributed by atoms with Crippen LogP contribution in [0.4, 0.5) is 5.69 Å². The molecule has 2 N–H and O–H groups in total. The van der Waals surface area contributed by atoms with Crippen LogP contribution in [-0.4, -0.2) is 30.9 Å². The lowest BCUT2D eigenvalue weighted by Crippen LogP contribution is -2.34. The molecule has 0 saturated carbocycles. The summed E-state index contributed by atoms with van der Waals surface area (Å²) in [4.78, 5) is 33.3. The van der Waals surface area contributed by atoms with E-state index in [0.29, 0.717) is 5.01 Å². The van der Waals surface area contributed by atoms with Crippen LogP contribution in [0, 0.1) is 16.0 Å². The van der Waals surface area contributed by atoms with Gasteiger partial charge in [-0.2, -0.15) is 0 Å². The minimum absolute atomic E-state index is 0.0838. The first-order chi connectivity index (χ1) is 10.1. The largest absolute Gasteiger partial charge is 0.384 e. The number of nitrogens with zero attached hydrogens (tertiary/aromatic N) is 3. The van der Waals surface area contributed by atoms with Crippen LogP contribution in [0.15, 0.2) is 34.3 Å². The van der Waals surface area contributed by atoms with E-state index in [9.17, 15) is 28.1 Å². The maximum atomic E-state index is 12.1. The van der Waals surface area contributed by atoms with Gasteiger partial charge in [0.2, 0.25) is 15.9 Å². The van der Waals surface area contributed by atoms with Gasteiger partial charge in [0.15, 0.2) is 5.78 Å². The average Bonchev–Trinajstić information content (AvgIpc) is 2.76. The number of hydrogen-bond acceptors (Lipinski definition) is 7. The molecule has 1 aromatic rings. The van der Waals surface area contributed by atoms with Gasteiger partial charge in [-0.05, 0) is 36.1 Å². The Bertz CT molecular complexity index is 798. The SMILES string of the molecule is CC(=O)C1C(=O)N(c2ccc(S(N)(=O)=O)cc2)N=C1[N+](=O)[O-]. The van der Waals surface area contributed by atoms with E-state index in [4.69, 9.17) is 5.14 Å². The molecule has 2 rings (SSSR count). The van der Waals surface area contributed by atoms with E-state index < -0.39 is 38.4 Å². The van der Waals surface area contributed by atoms with Crippen LogP contribution in [0.2, 0.25) is 0 Å².